The van der Waals surface area contributed by atoms with E-state index >= 15 is 0 Å². The van der Waals surface area contributed by atoms with Gasteiger partial charge in [0, 0.05) is 32.5 Å². The predicted molar refractivity (Wildman–Crippen MR) is 86.1 cm³/mol. The molecule has 1 N–H and O–H groups in total. The smallest absolute Gasteiger partial charge is 0.227 e. The van der Waals surface area contributed by atoms with Crippen molar-refractivity contribution in [1.82, 2.24) is 20.4 Å². The average molecular weight is 330 g/mol. The van der Waals surface area contributed by atoms with Gasteiger partial charge in [0.1, 0.15) is 6.26 Å². The topological polar surface area (TPSA) is 84.4 Å². The Morgan fingerprint density at radius 2 is 2.21 bits per heavy atom. The summed E-state index contributed by atoms with van der Waals surface area (Å²) in [5, 5.41) is 7.37. The highest BCUT2D eigenvalue weighted by Crippen LogP contribution is 2.37. The quantitative estimate of drug-likeness (QED) is 0.921. The summed E-state index contributed by atoms with van der Waals surface area (Å²) < 4.78 is 10.2. The summed E-state index contributed by atoms with van der Waals surface area (Å²) in [7, 11) is 0. The Morgan fingerprint density at radius 1 is 1.33 bits per heavy atom. The van der Waals surface area contributed by atoms with Gasteiger partial charge in [-0.05, 0) is 37.3 Å². The van der Waals surface area contributed by atoms with Crippen LogP contribution in [0.1, 0.15) is 31.6 Å². The lowest BCUT2D eigenvalue weighted by Gasteiger charge is -2.38. The summed E-state index contributed by atoms with van der Waals surface area (Å²) in [6, 6.07) is 1.78. The number of piperidine rings is 1. The van der Waals surface area contributed by atoms with E-state index in [4.69, 9.17) is 8.94 Å². The van der Waals surface area contributed by atoms with Gasteiger partial charge in [-0.25, -0.2) is 0 Å². The van der Waals surface area contributed by atoms with Crippen LogP contribution in [0.2, 0.25) is 0 Å². The summed E-state index contributed by atoms with van der Waals surface area (Å²) in [6.45, 7) is 3.95. The van der Waals surface area contributed by atoms with Crippen LogP contribution in [0.15, 0.2) is 27.5 Å². The molecule has 0 atom stereocenters. The molecule has 0 aromatic carbocycles. The van der Waals surface area contributed by atoms with Gasteiger partial charge in [0.25, 0.3) is 0 Å². The summed E-state index contributed by atoms with van der Waals surface area (Å²) in [5.74, 6) is 1.17. The molecule has 2 aliphatic rings. The third kappa shape index (κ3) is 3.08. The van der Waals surface area contributed by atoms with Crippen LogP contribution in [0.25, 0.3) is 11.4 Å². The zero-order valence-corrected chi connectivity index (χ0v) is 13.7. The first-order chi connectivity index (χ1) is 11.7. The molecule has 7 nitrogen and oxygen atoms in total. The molecule has 0 unspecified atom stereocenters. The molecule has 4 rings (SSSR count). The van der Waals surface area contributed by atoms with Gasteiger partial charge in [-0.1, -0.05) is 5.16 Å². The lowest BCUT2D eigenvalue weighted by atomic mass is 9.78. The molecule has 2 saturated heterocycles. The van der Waals surface area contributed by atoms with Gasteiger partial charge in [-0.3, -0.25) is 4.79 Å². The predicted octanol–water partition coefficient (Wildman–Crippen LogP) is 1.86. The van der Waals surface area contributed by atoms with Crippen molar-refractivity contribution in [1.29, 1.82) is 0 Å². The van der Waals surface area contributed by atoms with Crippen molar-refractivity contribution in [2.75, 3.05) is 26.2 Å². The summed E-state index contributed by atoms with van der Waals surface area (Å²) in [5.41, 5.74) is 1.21. The van der Waals surface area contributed by atoms with Gasteiger partial charge in [0.05, 0.1) is 11.8 Å². The second-order valence-electron chi connectivity index (χ2n) is 6.83. The Morgan fingerprint density at radius 3 is 2.92 bits per heavy atom. The molecule has 0 saturated carbocycles. The number of likely N-dealkylation sites (tertiary alicyclic amines) is 1. The Hall–Kier alpha value is -2.15. The maximum absolute atomic E-state index is 12.4. The number of hydrogen-bond donors (Lipinski definition) is 1. The van der Waals surface area contributed by atoms with E-state index in [0.29, 0.717) is 30.0 Å². The summed E-state index contributed by atoms with van der Waals surface area (Å²) in [4.78, 5) is 18.7. The number of aryl methyl sites for hydroxylation is 1. The maximum atomic E-state index is 12.4. The highest BCUT2D eigenvalue weighted by Gasteiger charge is 2.37. The first kappa shape index (κ1) is 15.4. The number of aromatic nitrogens is 2. The number of furan rings is 1. The number of nitrogens with zero attached hydrogens (tertiary/aromatic N) is 3. The zero-order valence-electron chi connectivity index (χ0n) is 13.7. The zero-order chi connectivity index (χ0) is 16.4. The van der Waals surface area contributed by atoms with Gasteiger partial charge >= 0.3 is 0 Å². The monoisotopic (exact) mass is 330 g/mol. The van der Waals surface area contributed by atoms with Gasteiger partial charge in [-0.15, -0.1) is 0 Å². The van der Waals surface area contributed by atoms with Crippen molar-refractivity contribution < 1.29 is 13.7 Å². The van der Waals surface area contributed by atoms with E-state index in [1.807, 2.05) is 4.90 Å². The van der Waals surface area contributed by atoms with Crippen LogP contribution >= 0.6 is 0 Å². The number of carbonyl (C=O) groups is 1. The average Bonchev–Trinajstić information content (AvgIpc) is 3.35. The highest BCUT2D eigenvalue weighted by molar-refractivity contribution is 5.76. The lowest BCUT2D eigenvalue weighted by Crippen LogP contribution is -2.44. The van der Waals surface area contributed by atoms with Crippen LogP contribution in [0.4, 0.5) is 0 Å². The van der Waals surface area contributed by atoms with Gasteiger partial charge in [-0.2, -0.15) is 4.98 Å². The minimum atomic E-state index is 0.180. The normalized spacial score (nSPS) is 19.9. The molecule has 1 amide bonds. The van der Waals surface area contributed by atoms with Crippen molar-refractivity contribution in [3.8, 4) is 11.4 Å². The maximum Gasteiger partial charge on any atom is 0.227 e. The first-order valence-corrected chi connectivity index (χ1v) is 8.58. The largest absolute Gasteiger partial charge is 0.472 e. The molecule has 0 aliphatic carbocycles. The minimum absolute atomic E-state index is 0.180. The first-order valence-electron chi connectivity index (χ1n) is 8.58. The van der Waals surface area contributed by atoms with Crippen LogP contribution < -0.4 is 5.32 Å². The molecule has 24 heavy (non-hydrogen) atoms. The highest BCUT2D eigenvalue weighted by atomic mass is 16.5. The van der Waals surface area contributed by atoms with Crippen molar-refractivity contribution >= 4 is 5.91 Å². The van der Waals surface area contributed by atoms with Gasteiger partial charge in [0.15, 0.2) is 0 Å². The Kier molecular flexibility index (Phi) is 4.10. The fraction of sp³-hybridized carbons (Fsp3) is 0.588. The molecule has 2 aromatic heterocycles. The van der Waals surface area contributed by atoms with Gasteiger partial charge in [0.2, 0.25) is 17.6 Å². The number of nitrogens with one attached hydrogen (secondary N) is 1. The molecule has 2 fully saturated rings. The van der Waals surface area contributed by atoms with Crippen LogP contribution in [0.5, 0.6) is 0 Å². The number of rotatable bonds is 4. The molecular formula is C17H22N4O3. The van der Waals surface area contributed by atoms with E-state index in [9.17, 15) is 4.79 Å². The van der Waals surface area contributed by atoms with Gasteiger partial charge < -0.3 is 19.2 Å². The Labute approximate surface area is 140 Å². The van der Waals surface area contributed by atoms with Crippen molar-refractivity contribution in [3.05, 3.63) is 24.5 Å². The summed E-state index contributed by atoms with van der Waals surface area (Å²) in [6.07, 6.45) is 7.49. The molecule has 0 bridgehead atoms. The SMILES string of the molecule is O=C(CCc1nc(-c2ccoc2)no1)N1CCC2(CCNC2)CC1. The Bertz CT molecular complexity index is 679. The van der Waals surface area contributed by atoms with Crippen LogP contribution in [0, 0.1) is 5.41 Å². The van der Waals surface area contributed by atoms with E-state index in [1.54, 1.807) is 18.6 Å². The fourth-order valence-corrected chi connectivity index (χ4v) is 3.69. The summed E-state index contributed by atoms with van der Waals surface area (Å²) >= 11 is 0. The molecule has 1 spiro atoms. The fourth-order valence-electron chi connectivity index (χ4n) is 3.69. The van der Waals surface area contributed by atoms with E-state index in [1.165, 1.54) is 6.42 Å². The van der Waals surface area contributed by atoms with E-state index in [2.05, 4.69) is 15.5 Å². The third-order valence-electron chi connectivity index (χ3n) is 5.31. The van der Waals surface area contributed by atoms with Crippen molar-refractivity contribution in [2.45, 2.75) is 32.1 Å². The lowest BCUT2D eigenvalue weighted by molar-refractivity contribution is -0.133. The molecule has 7 heteroatoms. The van der Waals surface area contributed by atoms with E-state index < -0.39 is 0 Å². The molecule has 2 aliphatic heterocycles. The standard InChI is InChI=1S/C17H22N4O3/c22-15(21-8-5-17(6-9-21)4-7-18-12-17)2-1-14-19-16(20-24-14)13-3-10-23-11-13/h3,10-11,18H,1-2,4-9,12H2. The van der Waals surface area contributed by atoms with Crippen molar-refractivity contribution in [3.63, 3.8) is 0 Å². The molecule has 4 heterocycles. The van der Waals surface area contributed by atoms with Crippen LogP contribution in [-0.4, -0.2) is 47.1 Å². The second kappa shape index (κ2) is 6.39. The van der Waals surface area contributed by atoms with Crippen LogP contribution in [0.3, 0.4) is 0 Å². The molecule has 0 radical (unpaired) electrons. The number of hydrogen-bond acceptors (Lipinski definition) is 6. The number of carbonyl (C=O) groups excluding carboxylic acids is 1. The number of amides is 1. The molecule has 2 aromatic rings. The molecule has 128 valence electrons. The minimum Gasteiger partial charge on any atom is -0.472 e. The third-order valence-corrected chi connectivity index (χ3v) is 5.31. The van der Waals surface area contributed by atoms with E-state index in [-0.39, 0.29) is 5.91 Å². The van der Waals surface area contributed by atoms with Crippen LogP contribution in [-0.2, 0) is 11.2 Å². The molecular weight excluding hydrogens is 308 g/mol. The van der Waals surface area contributed by atoms with E-state index in [0.717, 1.165) is 44.6 Å². The van der Waals surface area contributed by atoms with Crippen molar-refractivity contribution in [2.24, 2.45) is 5.41 Å². The Balaban J connectivity index is 1.28. The second-order valence-corrected chi connectivity index (χ2v) is 6.83.